The second kappa shape index (κ2) is 11.9. The largest absolute Gasteiger partial charge is 0.475 e. The molecule has 3 aromatic rings. The molecule has 0 bridgehead atoms. The van der Waals surface area contributed by atoms with E-state index in [4.69, 9.17) is 15.6 Å². The highest BCUT2D eigenvalue weighted by Gasteiger charge is 2.17. The first-order valence-electron chi connectivity index (χ1n) is 11.0. The minimum Gasteiger partial charge on any atom is -0.475 e. The monoisotopic (exact) mass is 507 g/mol. The second-order valence-electron chi connectivity index (χ2n) is 7.91. The summed E-state index contributed by atoms with van der Waals surface area (Å²) in [4.78, 5) is 12.5. The minimum atomic E-state index is -0.560. The van der Waals surface area contributed by atoms with Gasteiger partial charge >= 0.3 is 0 Å². The van der Waals surface area contributed by atoms with Crippen LogP contribution in [-0.2, 0) is 0 Å². The van der Waals surface area contributed by atoms with Gasteiger partial charge in [0.2, 0.25) is 11.8 Å². The van der Waals surface area contributed by atoms with Crippen molar-refractivity contribution >= 4 is 30.1 Å². The van der Waals surface area contributed by atoms with Gasteiger partial charge in [-0.3, -0.25) is 4.90 Å². The van der Waals surface area contributed by atoms with Crippen LogP contribution in [0.3, 0.4) is 0 Å². The van der Waals surface area contributed by atoms with Gasteiger partial charge in [0.15, 0.2) is 5.82 Å². The van der Waals surface area contributed by atoms with E-state index in [0.717, 1.165) is 37.0 Å². The molecule has 3 heterocycles. The normalized spacial score (nSPS) is 14.3. The average Bonchev–Trinajstić information content (AvgIpc) is 3.17. The highest BCUT2D eigenvalue weighted by molar-refractivity contribution is 5.85. The van der Waals surface area contributed by atoms with Crippen LogP contribution in [0.5, 0.6) is 5.88 Å². The predicted molar refractivity (Wildman–Crippen MR) is 132 cm³/mol. The molecule has 4 rings (SSSR count). The van der Waals surface area contributed by atoms with Gasteiger partial charge in [-0.25, -0.2) is 13.5 Å². The maximum atomic E-state index is 13.5. The van der Waals surface area contributed by atoms with Crippen LogP contribution < -0.4 is 15.4 Å². The molecule has 1 aromatic carbocycles. The quantitative estimate of drug-likeness (QED) is 0.479. The van der Waals surface area contributed by atoms with Crippen molar-refractivity contribution in [3.63, 3.8) is 0 Å². The van der Waals surface area contributed by atoms with Crippen LogP contribution in [-0.4, -0.2) is 75.7 Å². The Morgan fingerprint density at radius 3 is 2.49 bits per heavy atom. The van der Waals surface area contributed by atoms with Gasteiger partial charge in [0, 0.05) is 56.1 Å². The SMILES string of the molecule is Cc1c(/C=C/CN2CCN(c3cc(F)cc(F)c3)CC2)cnn1-c1cc(OCCO)nc(N)n1.Cl. The van der Waals surface area contributed by atoms with Crippen molar-refractivity contribution in [3.8, 4) is 11.7 Å². The Balaban J connectivity index is 0.00000342. The number of aromatic nitrogens is 4. The summed E-state index contributed by atoms with van der Waals surface area (Å²) >= 11 is 0. The van der Waals surface area contributed by atoms with E-state index < -0.39 is 11.6 Å². The fourth-order valence-electron chi connectivity index (χ4n) is 3.82. The molecule has 0 spiro atoms. The standard InChI is InChI=1S/C23H27F2N7O2.ClH/c1-16-17(15-27-32(16)21-14-22(34-10-9-33)29-23(26)28-21)3-2-4-30-5-7-31(8-6-30)20-12-18(24)11-19(25)13-20;/h2-3,11-15,33H,4-10H2,1H3,(H2,26,28,29);1H/b3-2+;. The molecular formula is C23H28ClF2N7O2. The number of benzene rings is 1. The lowest BCUT2D eigenvalue weighted by molar-refractivity contribution is 0.196. The lowest BCUT2D eigenvalue weighted by Gasteiger charge is -2.35. The smallest absolute Gasteiger partial charge is 0.225 e. The fraction of sp³-hybridized carbons (Fsp3) is 0.348. The zero-order valence-corrected chi connectivity index (χ0v) is 20.1. The van der Waals surface area contributed by atoms with E-state index in [0.29, 0.717) is 24.6 Å². The molecule has 35 heavy (non-hydrogen) atoms. The summed E-state index contributed by atoms with van der Waals surface area (Å²) in [5, 5.41) is 13.3. The summed E-state index contributed by atoms with van der Waals surface area (Å²) in [5.74, 6) is -0.326. The number of nitrogens with two attached hydrogens (primary N) is 1. The molecule has 1 aliphatic heterocycles. The molecule has 0 aliphatic carbocycles. The highest BCUT2D eigenvalue weighted by Crippen LogP contribution is 2.20. The number of hydrogen-bond donors (Lipinski definition) is 2. The predicted octanol–water partition coefficient (Wildman–Crippen LogP) is 2.46. The summed E-state index contributed by atoms with van der Waals surface area (Å²) in [7, 11) is 0. The van der Waals surface area contributed by atoms with Crippen LogP contribution in [0.25, 0.3) is 11.9 Å². The lowest BCUT2D eigenvalue weighted by atomic mass is 10.2. The Bertz CT molecular complexity index is 1150. The van der Waals surface area contributed by atoms with E-state index in [9.17, 15) is 8.78 Å². The first-order chi connectivity index (χ1) is 16.4. The van der Waals surface area contributed by atoms with Crippen molar-refractivity contribution in [2.24, 2.45) is 0 Å². The van der Waals surface area contributed by atoms with E-state index in [1.54, 1.807) is 16.9 Å². The van der Waals surface area contributed by atoms with Crippen molar-refractivity contribution in [1.82, 2.24) is 24.6 Å². The molecule has 12 heteroatoms. The number of aliphatic hydroxyl groups excluding tert-OH is 1. The third-order valence-electron chi connectivity index (χ3n) is 5.56. The van der Waals surface area contributed by atoms with Crippen molar-refractivity contribution < 1.29 is 18.6 Å². The summed E-state index contributed by atoms with van der Waals surface area (Å²) < 4.78 is 34.0. The maximum absolute atomic E-state index is 13.5. The number of halogens is 3. The number of piperazine rings is 1. The van der Waals surface area contributed by atoms with Crippen molar-refractivity contribution in [1.29, 1.82) is 0 Å². The molecule has 1 saturated heterocycles. The van der Waals surface area contributed by atoms with E-state index in [-0.39, 0.29) is 37.4 Å². The van der Waals surface area contributed by atoms with Gasteiger partial charge in [0.1, 0.15) is 18.2 Å². The third kappa shape index (κ3) is 6.65. The Morgan fingerprint density at radius 2 is 1.80 bits per heavy atom. The highest BCUT2D eigenvalue weighted by atomic mass is 35.5. The summed E-state index contributed by atoms with van der Waals surface area (Å²) in [5.41, 5.74) is 8.17. The van der Waals surface area contributed by atoms with Crippen molar-refractivity contribution in [2.75, 3.05) is 56.6 Å². The van der Waals surface area contributed by atoms with Gasteiger partial charge < -0.3 is 20.5 Å². The number of rotatable bonds is 8. The van der Waals surface area contributed by atoms with Crippen LogP contribution in [0.2, 0.25) is 0 Å². The number of anilines is 2. The molecule has 0 amide bonds. The van der Waals surface area contributed by atoms with E-state index in [1.807, 2.05) is 17.9 Å². The summed E-state index contributed by atoms with van der Waals surface area (Å²) in [6, 6.07) is 5.24. The van der Waals surface area contributed by atoms with Gasteiger partial charge in [0.25, 0.3) is 0 Å². The van der Waals surface area contributed by atoms with Crippen LogP contribution in [0.1, 0.15) is 11.3 Å². The van der Waals surface area contributed by atoms with Gasteiger partial charge in [-0.05, 0) is 19.1 Å². The van der Waals surface area contributed by atoms with E-state index in [1.165, 1.54) is 12.1 Å². The van der Waals surface area contributed by atoms with Crippen LogP contribution >= 0.6 is 12.4 Å². The zero-order valence-electron chi connectivity index (χ0n) is 19.3. The van der Waals surface area contributed by atoms with Gasteiger partial charge in [-0.2, -0.15) is 15.1 Å². The molecule has 1 aliphatic rings. The van der Waals surface area contributed by atoms with Crippen molar-refractivity contribution in [2.45, 2.75) is 6.92 Å². The maximum Gasteiger partial charge on any atom is 0.225 e. The summed E-state index contributed by atoms with van der Waals surface area (Å²) in [6.45, 7) is 5.62. The average molecular weight is 508 g/mol. The molecule has 0 saturated carbocycles. The number of nitrogens with zero attached hydrogens (tertiary/aromatic N) is 6. The molecule has 188 valence electrons. The summed E-state index contributed by atoms with van der Waals surface area (Å²) in [6.07, 6.45) is 5.81. The van der Waals surface area contributed by atoms with Crippen LogP contribution in [0.4, 0.5) is 20.4 Å². The Kier molecular flexibility index (Phi) is 8.96. The topological polar surface area (TPSA) is 106 Å². The van der Waals surface area contributed by atoms with Crippen molar-refractivity contribution in [3.05, 3.63) is 59.4 Å². The Labute approximate surface area is 208 Å². The molecule has 2 aromatic heterocycles. The number of ether oxygens (including phenoxy) is 1. The molecule has 0 atom stereocenters. The first kappa shape index (κ1) is 26.3. The Hall–Kier alpha value is -3.28. The van der Waals surface area contributed by atoms with E-state index in [2.05, 4.69) is 26.0 Å². The number of hydrogen-bond acceptors (Lipinski definition) is 8. The Morgan fingerprint density at radius 1 is 1.09 bits per heavy atom. The molecule has 3 N–H and O–H groups in total. The molecule has 1 fully saturated rings. The molecule has 0 unspecified atom stereocenters. The molecule has 0 radical (unpaired) electrons. The van der Waals surface area contributed by atoms with Crippen LogP contribution in [0.15, 0.2) is 36.5 Å². The van der Waals surface area contributed by atoms with E-state index >= 15 is 0 Å². The lowest BCUT2D eigenvalue weighted by Crippen LogP contribution is -2.46. The third-order valence-corrected chi connectivity index (χ3v) is 5.56. The second-order valence-corrected chi connectivity index (χ2v) is 7.91. The van der Waals surface area contributed by atoms with Crippen LogP contribution in [0, 0.1) is 18.6 Å². The minimum absolute atomic E-state index is 0. The zero-order chi connectivity index (χ0) is 24.1. The van der Waals surface area contributed by atoms with Gasteiger partial charge in [-0.1, -0.05) is 12.2 Å². The first-order valence-corrected chi connectivity index (χ1v) is 11.0. The molecular weight excluding hydrogens is 480 g/mol. The molecule has 9 nitrogen and oxygen atoms in total. The number of nitrogen functional groups attached to an aromatic ring is 1. The van der Waals surface area contributed by atoms with Gasteiger partial charge in [0.05, 0.1) is 18.5 Å². The van der Waals surface area contributed by atoms with Gasteiger partial charge in [-0.15, -0.1) is 12.4 Å². The fourth-order valence-corrected chi connectivity index (χ4v) is 3.82. The number of aliphatic hydroxyl groups is 1.